The maximum Gasteiger partial charge on any atom is 0.325 e. The first-order valence-corrected chi connectivity index (χ1v) is 6.32. The van der Waals surface area contributed by atoms with Crippen LogP contribution in [0.4, 0.5) is 0 Å². The third-order valence-electron chi connectivity index (χ3n) is 2.50. The molecule has 0 fully saturated rings. The highest BCUT2D eigenvalue weighted by molar-refractivity contribution is 6.32. The molecule has 0 saturated heterocycles. The zero-order valence-corrected chi connectivity index (χ0v) is 12.2. The molecule has 1 rings (SSSR count). The number of carbonyl (C=O) groups excluding carboxylic acids is 1. The van der Waals surface area contributed by atoms with Gasteiger partial charge in [0.1, 0.15) is 6.04 Å². The lowest BCUT2D eigenvalue weighted by Gasteiger charge is -2.14. The summed E-state index contributed by atoms with van der Waals surface area (Å²) in [5.74, 6) is -1.02. The van der Waals surface area contributed by atoms with Gasteiger partial charge in [0, 0.05) is 5.56 Å². The van der Waals surface area contributed by atoms with E-state index in [0.29, 0.717) is 18.1 Å². The first-order chi connectivity index (χ1) is 9.40. The fourth-order valence-corrected chi connectivity index (χ4v) is 1.74. The molecule has 6 nitrogen and oxygen atoms in total. The van der Waals surface area contributed by atoms with Crippen molar-refractivity contribution in [2.45, 2.75) is 19.9 Å². The molecule has 0 bridgehead atoms. The molecule has 110 valence electrons. The number of carbonyl (C=O) groups is 2. The zero-order valence-electron chi connectivity index (χ0n) is 11.4. The van der Waals surface area contributed by atoms with Gasteiger partial charge in [-0.25, -0.2) is 0 Å². The Labute approximate surface area is 121 Å². The average Bonchev–Trinajstić information content (AvgIpc) is 2.40. The van der Waals surface area contributed by atoms with Crippen LogP contribution in [0.3, 0.4) is 0 Å². The predicted octanol–water partition coefficient (Wildman–Crippen LogP) is 1.95. The smallest absolute Gasteiger partial charge is 0.325 e. The van der Waals surface area contributed by atoms with E-state index in [0.717, 1.165) is 0 Å². The molecule has 20 heavy (non-hydrogen) atoms. The van der Waals surface area contributed by atoms with E-state index in [9.17, 15) is 9.59 Å². The van der Waals surface area contributed by atoms with Gasteiger partial charge < -0.3 is 19.9 Å². The van der Waals surface area contributed by atoms with Gasteiger partial charge in [-0.05, 0) is 26.0 Å². The molecule has 2 N–H and O–H groups in total. The number of halogens is 1. The van der Waals surface area contributed by atoms with Crippen LogP contribution in [0.25, 0.3) is 0 Å². The Morgan fingerprint density at radius 2 is 2.10 bits per heavy atom. The number of aliphatic carboxylic acids is 1. The topological polar surface area (TPSA) is 84.9 Å². The van der Waals surface area contributed by atoms with E-state index >= 15 is 0 Å². The van der Waals surface area contributed by atoms with Crippen LogP contribution in [0.15, 0.2) is 12.1 Å². The van der Waals surface area contributed by atoms with Crippen LogP contribution in [-0.4, -0.2) is 36.7 Å². The van der Waals surface area contributed by atoms with E-state index in [1.165, 1.54) is 26.2 Å². The average molecular weight is 302 g/mol. The largest absolute Gasteiger partial charge is 0.493 e. The Balaban J connectivity index is 3.05. The summed E-state index contributed by atoms with van der Waals surface area (Å²) < 4.78 is 10.4. The number of amides is 1. The highest BCUT2D eigenvalue weighted by Gasteiger charge is 2.19. The Bertz CT molecular complexity index is 518. The molecule has 0 unspecified atom stereocenters. The molecular formula is C13H16ClNO5. The maximum atomic E-state index is 11.9. The second kappa shape index (κ2) is 7.00. The van der Waals surface area contributed by atoms with Crippen LogP contribution in [-0.2, 0) is 4.79 Å². The van der Waals surface area contributed by atoms with Gasteiger partial charge >= 0.3 is 5.97 Å². The summed E-state index contributed by atoms with van der Waals surface area (Å²) in [5, 5.41) is 11.3. The van der Waals surface area contributed by atoms with E-state index in [1.54, 1.807) is 6.92 Å². The molecule has 0 radical (unpaired) electrons. The molecule has 1 aromatic carbocycles. The number of rotatable bonds is 6. The summed E-state index contributed by atoms with van der Waals surface area (Å²) in [6.45, 7) is 3.57. The van der Waals surface area contributed by atoms with Gasteiger partial charge in [0.2, 0.25) is 0 Å². The molecule has 0 aromatic heterocycles. The number of carboxylic acid groups (broad SMARTS) is 1. The van der Waals surface area contributed by atoms with Crippen molar-refractivity contribution in [3.8, 4) is 11.5 Å². The van der Waals surface area contributed by atoms with Crippen molar-refractivity contribution >= 4 is 23.5 Å². The molecule has 7 heteroatoms. The molecule has 0 spiro atoms. The van der Waals surface area contributed by atoms with E-state index < -0.39 is 17.9 Å². The van der Waals surface area contributed by atoms with Crippen molar-refractivity contribution in [3.63, 3.8) is 0 Å². The van der Waals surface area contributed by atoms with Gasteiger partial charge in [-0.1, -0.05) is 11.6 Å². The van der Waals surface area contributed by atoms with Crippen molar-refractivity contribution in [3.05, 3.63) is 22.7 Å². The monoisotopic (exact) mass is 301 g/mol. The fraction of sp³-hybridized carbons (Fsp3) is 0.385. The number of benzene rings is 1. The number of carboxylic acids is 1. The molecule has 0 saturated carbocycles. The number of hydrogen-bond acceptors (Lipinski definition) is 4. The van der Waals surface area contributed by atoms with Crippen LogP contribution in [0.1, 0.15) is 24.2 Å². The molecular weight excluding hydrogens is 286 g/mol. The van der Waals surface area contributed by atoms with Gasteiger partial charge in [-0.3, -0.25) is 9.59 Å². The highest BCUT2D eigenvalue weighted by atomic mass is 35.5. The minimum absolute atomic E-state index is 0.198. The quantitative estimate of drug-likeness (QED) is 0.839. The molecule has 1 amide bonds. The Kier molecular flexibility index (Phi) is 5.64. The summed E-state index contributed by atoms with van der Waals surface area (Å²) in [5.41, 5.74) is 0.198. The Morgan fingerprint density at radius 3 is 2.60 bits per heavy atom. The van der Waals surface area contributed by atoms with Crippen LogP contribution in [0, 0.1) is 0 Å². The first-order valence-electron chi connectivity index (χ1n) is 5.94. The maximum absolute atomic E-state index is 11.9. The van der Waals surface area contributed by atoms with E-state index in [2.05, 4.69) is 5.32 Å². The fourth-order valence-electron chi connectivity index (χ4n) is 1.48. The van der Waals surface area contributed by atoms with Gasteiger partial charge in [-0.2, -0.15) is 0 Å². The first kappa shape index (κ1) is 16.1. The van der Waals surface area contributed by atoms with Crippen LogP contribution < -0.4 is 14.8 Å². The van der Waals surface area contributed by atoms with E-state index in [1.807, 2.05) is 0 Å². The molecule has 0 aliphatic heterocycles. The summed E-state index contributed by atoms with van der Waals surface area (Å²) in [7, 11) is 1.43. The standard InChI is InChI=1S/C13H16ClNO5/c1-4-20-11-9(14)5-8(6-10(11)19-3)12(16)15-7(2)13(17)18/h5-7H,4H2,1-3H3,(H,15,16)(H,17,18)/t7-/m0/s1. The molecule has 0 aliphatic carbocycles. The van der Waals surface area contributed by atoms with Crippen molar-refractivity contribution in [1.82, 2.24) is 5.32 Å². The predicted molar refractivity (Wildman–Crippen MR) is 73.7 cm³/mol. The lowest BCUT2D eigenvalue weighted by atomic mass is 10.1. The van der Waals surface area contributed by atoms with Crippen LogP contribution >= 0.6 is 11.6 Å². The lowest BCUT2D eigenvalue weighted by Crippen LogP contribution is -2.38. The van der Waals surface area contributed by atoms with Crippen LogP contribution in [0.5, 0.6) is 11.5 Å². The number of ether oxygens (including phenoxy) is 2. The molecule has 0 heterocycles. The minimum atomic E-state index is -1.12. The normalized spacial score (nSPS) is 11.6. The second-order valence-corrected chi connectivity index (χ2v) is 4.36. The minimum Gasteiger partial charge on any atom is -0.493 e. The lowest BCUT2D eigenvalue weighted by molar-refractivity contribution is -0.138. The third kappa shape index (κ3) is 3.77. The van der Waals surface area contributed by atoms with Crippen LogP contribution in [0.2, 0.25) is 5.02 Å². The van der Waals surface area contributed by atoms with Crippen molar-refractivity contribution in [2.75, 3.05) is 13.7 Å². The van der Waals surface area contributed by atoms with Crippen molar-refractivity contribution in [1.29, 1.82) is 0 Å². The van der Waals surface area contributed by atoms with Gasteiger partial charge in [0.15, 0.2) is 11.5 Å². The van der Waals surface area contributed by atoms with Crippen molar-refractivity contribution < 1.29 is 24.2 Å². The number of methoxy groups -OCH3 is 1. The van der Waals surface area contributed by atoms with Gasteiger partial charge in [0.05, 0.1) is 18.7 Å². The summed E-state index contributed by atoms with van der Waals surface area (Å²) in [4.78, 5) is 22.6. The Morgan fingerprint density at radius 1 is 1.45 bits per heavy atom. The SMILES string of the molecule is CCOc1c(Cl)cc(C(=O)N[C@@H](C)C(=O)O)cc1OC. The number of hydrogen-bond donors (Lipinski definition) is 2. The van der Waals surface area contributed by atoms with Gasteiger partial charge in [0.25, 0.3) is 5.91 Å². The molecule has 1 aromatic rings. The van der Waals surface area contributed by atoms with E-state index in [-0.39, 0.29) is 10.6 Å². The zero-order chi connectivity index (χ0) is 15.3. The summed E-state index contributed by atoms with van der Waals surface area (Å²) in [6, 6.07) is 1.85. The highest BCUT2D eigenvalue weighted by Crippen LogP contribution is 2.36. The molecule has 1 atom stereocenters. The van der Waals surface area contributed by atoms with E-state index in [4.69, 9.17) is 26.2 Å². The van der Waals surface area contributed by atoms with Crippen molar-refractivity contribution in [2.24, 2.45) is 0 Å². The molecule has 0 aliphatic rings. The second-order valence-electron chi connectivity index (χ2n) is 3.96. The summed E-state index contributed by atoms with van der Waals surface area (Å²) in [6.07, 6.45) is 0. The summed E-state index contributed by atoms with van der Waals surface area (Å²) >= 11 is 6.03. The Hall–Kier alpha value is -1.95. The van der Waals surface area contributed by atoms with Gasteiger partial charge in [-0.15, -0.1) is 0 Å². The third-order valence-corrected chi connectivity index (χ3v) is 2.78. The number of nitrogens with one attached hydrogen (secondary N) is 1.